The van der Waals surface area contributed by atoms with Crippen LogP contribution in [0.25, 0.3) is 0 Å². The smallest absolute Gasteiger partial charge is 0.246 e. The van der Waals surface area contributed by atoms with Crippen LogP contribution in [-0.2, 0) is 21.4 Å². The topological polar surface area (TPSA) is 60.9 Å². The zero-order valence-corrected chi connectivity index (χ0v) is 17.2. The van der Waals surface area contributed by atoms with Crippen LogP contribution in [0.15, 0.2) is 60.7 Å². The van der Waals surface area contributed by atoms with Gasteiger partial charge in [-0.05, 0) is 24.6 Å². The number of anilines is 1. The van der Waals surface area contributed by atoms with Crippen molar-refractivity contribution in [1.82, 2.24) is 9.80 Å². The minimum atomic E-state index is -3.58. The summed E-state index contributed by atoms with van der Waals surface area (Å²) in [5.74, 6) is -0.159. The van der Waals surface area contributed by atoms with Gasteiger partial charge in [0.2, 0.25) is 15.9 Å². The first-order valence-electron chi connectivity index (χ1n) is 9.46. The first-order chi connectivity index (χ1) is 13.4. The van der Waals surface area contributed by atoms with E-state index in [2.05, 4.69) is 17.0 Å². The Morgan fingerprint density at radius 1 is 0.964 bits per heavy atom. The summed E-state index contributed by atoms with van der Waals surface area (Å²) in [6.07, 6.45) is 1.14. The molecule has 1 amide bonds. The zero-order valence-electron chi connectivity index (χ0n) is 16.4. The highest BCUT2D eigenvalue weighted by molar-refractivity contribution is 7.92. The number of benzene rings is 2. The van der Waals surface area contributed by atoms with Crippen molar-refractivity contribution in [2.45, 2.75) is 19.5 Å². The normalized spacial score (nSPS) is 16.6. The van der Waals surface area contributed by atoms with E-state index in [4.69, 9.17) is 0 Å². The SMILES string of the molecule is C[C@H](C(=O)N1CCN(Cc2ccccc2)CC1)N(c1ccccc1)S(C)(=O)=O. The number of hydrogen-bond acceptors (Lipinski definition) is 4. The van der Waals surface area contributed by atoms with E-state index < -0.39 is 16.1 Å². The van der Waals surface area contributed by atoms with Crippen LogP contribution in [0, 0.1) is 0 Å². The fourth-order valence-electron chi connectivity index (χ4n) is 3.61. The largest absolute Gasteiger partial charge is 0.338 e. The molecule has 0 bridgehead atoms. The van der Waals surface area contributed by atoms with E-state index in [0.29, 0.717) is 18.8 Å². The van der Waals surface area contributed by atoms with Crippen LogP contribution < -0.4 is 4.31 Å². The molecule has 1 atom stereocenters. The molecule has 6 nitrogen and oxygen atoms in total. The van der Waals surface area contributed by atoms with E-state index in [9.17, 15) is 13.2 Å². The van der Waals surface area contributed by atoms with E-state index in [0.717, 1.165) is 25.9 Å². The van der Waals surface area contributed by atoms with Crippen molar-refractivity contribution < 1.29 is 13.2 Å². The number of carbonyl (C=O) groups excluding carboxylic acids is 1. The summed E-state index contributed by atoms with van der Waals surface area (Å²) in [6.45, 7) is 5.27. The zero-order chi connectivity index (χ0) is 20.1. The molecular weight excluding hydrogens is 374 g/mol. The molecule has 1 aliphatic rings. The van der Waals surface area contributed by atoms with Crippen LogP contribution >= 0.6 is 0 Å². The molecule has 0 spiro atoms. The Labute approximate surface area is 167 Å². The Balaban J connectivity index is 1.65. The molecule has 0 aliphatic carbocycles. The van der Waals surface area contributed by atoms with Gasteiger partial charge in [-0.2, -0.15) is 0 Å². The third-order valence-electron chi connectivity index (χ3n) is 5.01. The average molecular weight is 402 g/mol. The highest BCUT2D eigenvalue weighted by Crippen LogP contribution is 2.21. The van der Waals surface area contributed by atoms with E-state index in [1.54, 1.807) is 36.1 Å². The molecule has 1 aliphatic heterocycles. The molecule has 0 aromatic heterocycles. The number of piperazine rings is 1. The van der Waals surface area contributed by atoms with Crippen LogP contribution in [0.5, 0.6) is 0 Å². The summed E-state index contributed by atoms with van der Waals surface area (Å²) >= 11 is 0. The van der Waals surface area contributed by atoms with Gasteiger partial charge in [0.05, 0.1) is 11.9 Å². The Hall–Kier alpha value is -2.38. The molecule has 2 aromatic rings. The maximum Gasteiger partial charge on any atom is 0.246 e. The van der Waals surface area contributed by atoms with Crippen LogP contribution in [0.2, 0.25) is 0 Å². The second-order valence-corrected chi connectivity index (χ2v) is 9.02. The van der Waals surface area contributed by atoms with Crippen LogP contribution in [-0.4, -0.2) is 62.6 Å². The van der Waals surface area contributed by atoms with Crippen molar-refractivity contribution in [3.05, 3.63) is 66.2 Å². The maximum absolute atomic E-state index is 13.0. The summed E-state index contributed by atoms with van der Waals surface area (Å²) in [5, 5.41) is 0. The van der Waals surface area contributed by atoms with Crippen LogP contribution in [0.3, 0.4) is 0 Å². The summed E-state index contributed by atoms with van der Waals surface area (Å²) in [6, 6.07) is 18.3. The van der Waals surface area contributed by atoms with Gasteiger partial charge in [0.25, 0.3) is 0 Å². The molecule has 28 heavy (non-hydrogen) atoms. The molecule has 7 heteroatoms. The Morgan fingerprint density at radius 2 is 1.50 bits per heavy atom. The summed E-state index contributed by atoms with van der Waals surface area (Å²) < 4.78 is 25.9. The van der Waals surface area contributed by atoms with Gasteiger partial charge in [-0.1, -0.05) is 48.5 Å². The minimum Gasteiger partial charge on any atom is -0.338 e. The number of carbonyl (C=O) groups is 1. The van der Waals surface area contributed by atoms with Gasteiger partial charge in [-0.15, -0.1) is 0 Å². The Kier molecular flexibility index (Phi) is 6.36. The lowest BCUT2D eigenvalue weighted by molar-refractivity contribution is -0.133. The van der Waals surface area contributed by atoms with Gasteiger partial charge in [0.1, 0.15) is 6.04 Å². The number of para-hydroxylation sites is 1. The molecule has 2 aromatic carbocycles. The first-order valence-corrected chi connectivity index (χ1v) is 11.3. The van der Waals surface area contributed by atoms with Gasteiger partial charge >= 0.3 is 0 Å². The average Bonchev–Trinajstić information content (AvgIpc) is 2.68. The lowest BCUT2D eigenvalue weighted by Gasteiger charge is -2.38. The summed E-state index contributed by atoms with van der Waals surface area (Å²) in [7, 11) is -3.58. The van der Waals surface area contributed by atoms with Gasteiger partial charge in [-0.25, -0.2) is 8.42 Å². The minimum absolute atomic E-state index is 0.159. The van der Waals surface area contributed by atoms with Gasteiger partial charge in [-0.3, -0.25) is 14.0 Å². The monoisotopic (exact) mass is 401 g/mol. The molecule has 0 N–H and O–H groups in total. The quantitative estimate of drug-likeness (QED) is 0.744. The summed E-state index contributed by atoms with van der Waals surface area (Å²) in [5.41, 5.74) is 1.76. The van der Waals surface area contributed by atoms with Crippen molar-refractivity contribution in [3.63, 3.8) is 0 Å². The van der Waals surface area contributed by atoms with E-state index >= 15 is 0 Å². The third kappa shape index (κ3) is 4.91. The fourth-order valence-corrected chi connectivity index (χ4v) is 4.78. The number of nitrogens with zero attached hydrogens (tertiary/aromatic N) is 3. The molecule has 1 saturated heterocycles. The fraction of sp³-hybridized carbons (Fsp3) is 0.381. The van der Waals surface area contributed by atoms with Crippen LogP contribution in [0.1, 0.15) is 12.5 Å². The van der Waals surface area contributed by atoms with Crippen molar-refractivity contribution in [2.24, 2.45) is 0 Å². The Bertz CT molecular complexity index is 880. The van der Waals surface area contributed by atoms with Crippen molar-refractivity contribution in [2.75, 3.05) is 36.7 Å². The third-order valence-corrected chi connectivity index (χ3v) is 6.25. The standard InChI is InChI=1S/C21H27N3O3S/c1-18(24(28(2,26)27)20-11-7-4-8-12-20)21(25)23-15-13-22(14-16-23)17-19-9-5-3-6-10-19/h3-12,18H,13-17H2,1-2H3/t18-/m1/s1. The van der Waals surface area contributed by atoms with E-state index in [-0.39, 0.29) is 5.91 Å². The van der Waals surface area contributed by atoms with Crippen LogP contribution in [0.4, 0.5) is 5.69 Å². The molecule has 0 radical (unpaired) electrons. The molecule has 3 rings (SSSR count). The summed E-state index contributed by atoms with van der Waals surface area (Å²) in [4.78, 5) is 17.1. The predicted molar refractivity (Wildman–Crippen MR) is 112 cm³/mol. The molecular formula is C21H27N3O3S. The lowest BCUT2D eigenvalue weighted by atomic mass is 10.2. The second kappa shape index (κ2) is 8.75. The van der Waals surface area contributed by atoms with E-state index in [1.165, 1.54) is 9.87 Å². The van der Waals surface area contributed by atoms with Crippen molar-refractivity contribution >= 4 is 21.6 Å². The van der Waals surface area contributed by atoms with Gasteiger partial charge in [0, 0.05) is 32.7 Å². The van der Waals surface area contributed by atoms with Gasteiger partial charge in [0.15, 0.2) is 0 Å². The number of sulfonamides is 1. The second-order valence-electron chi connectivity index (χ2n) is 7.16. The number of amides is 1. The first kappa shape index (κ1) is 20.4. The lowest BCUT2D eigenvalue weighted by Crippen LogP contribution is -2.55. The molecule has 1 heterocycles. The van der Waals surface area contributed by atoms with Gasteiger partial charge < -0.3 is 4.90 Å². The molecule has 0 unspecified atom stereocenters. The Morgan fingerprint density at radius 3 is 2.04 bits per heavy atom. The van der Waals surface area contributed by atoms with Crippen molar-refractivity contribution in [3.8, 4) is 0 Å². The predicted octanol–water partition coefficient (Wildman–Crippen LogP) is 2.19. The number of hydrogen-bond donors (Lipinski definition) is 0. The molecule has 150 valence electrons. The highest BCUT2D eigenvalue weighted by Gasteiger charge is 2.33. The number of rotatable bonds is 6. The molecule has 0 saturated carbocycles. The maximum atomic E-state index is 13.0. The van der Waals surface area contributed by atoms with E-state index in [1.807, 2.05) is 24.3 Å². The highest BCUT2D eigenvalue weighted by atomic mass is 32.2. The van der Waals surface area contributed by atoms with Crippen molar-refractivity contribution in [1.29, 1.82) is 0 Å². The molecule has 1 fully saturated rings.